The summed E-state index contributed by atoms with van der Waals surface area (Å²) in [6.07, 6.45) is 5.61. The molecule has 0 aliphatic heterocycles. The fourth-order valence-electron chi connectivity index (χ4n) is 2.78. The number of nitrogens with one attached hydrogen (secondary N) is 2. The van der Waals surface area contributed by atoms with Crippen molar-refractivity contribution in [2.24, 2.45) is 5.92 Å². The summed E-state index contributed by atoms with van der Waals surface area (Å²) in [5, 5.41) is 14.5. The summed E-state index contributed by atoms with van der Waals surface area (Å²) in [6.45, 7) is 1.94. The van der Waals surface area contributed by atoms with Crippen molar-refractivity contribution in [3.8, 4) is 11.3 Å². The molecule has 20 heavy (non-hydrogen) atoms. The third-order valence-corrected chi connectivity index (χ3v) is 4.65. The number of carbonyl (C=O) groups is 1. The van der Waals surface area contributed by atoms with E-state index in [-0.39, 0.29) is 11.8 Å². The lowest BCUT2D eigenvalue weighted by Gasteiger charge is -2.20. The third-order valence-electron chi connectivity index (χ3n) is 3.97. The van der Waals surface area contributed by atoms with Gasteiger partial charge in [-0.2, -0.15) is 16.4 Å². The summed E-state index contributed by atoms with van der Waals surface area (Å²) >= 11 is 1.63. The van der Waals surface area contributed by atoms with Gasteiger partial charge in [0.25, 0.3) is 0 Å². The van der Waals surface area contributed by atoms with E-state index in [4.69, 9.17) is 0 Å². The quantitative estimate of drug-likeness (QED) is 0.898. The Labute approximate surface area is 122 Å². The Bertz CT molecular complexity index is 582. The van der Waals surface area contributed by atoms with Crippen molar-refractivity contribution < 1.29 is 4.79 Å². The van der Waals surface area contributed by atoms with Gasteiger partial charge in [0.2, 0.25) is 5.91 Å². The molecule has 1 saturated carbocycles. The first-order valence-electron chi connectivity index (χ1n) is 7.14. The number of aryl methyl sites for hydroxylation is 1. The molecule has 4 nitrogen and oxygen atoms in total. The van der Waals surface area contributed by atoms with Crippen LogP contribution in [0.25, 0.3) is 11.3 Å². The van der Waals surface area contributed by atoms with Crippen molar-refractivity contribution in [2.45, 2.75) is 39.0 Å². The minimum Gasteiger partial charge on any atom is -0.322 e. The summed E-state index contributed by atoms with van der Waals surface area (Å²) in [6, 6.07) is 2.02. The van der Waals surface area contributed by atoms with Crippen LogP contribution in [-0.4, -0.2) is 16.1 Å². The number of carbonyl (C=O) groups excluding carboxylic acids is 1. The fourth-order valence-corrected chi connectivity index (χ4v) is 3.42. The molecule has 2 heterocycles. The van der Waals surface area contributed by atoms with Crippen LogP contribution in [-0.2, 0) is 4.79 Å². The van der Waals surface area contributed by atoms with Gasteiger partial charge in [0.15, 0.2) is 0 Å². The van der Waals surface area contributed by atoms with E-state index < -0.39 is 0 Å². The topological polar surface area (TPSA) is 57.8 Å². The molecule has 2 aromatic heterocycles. The second kappa shape index (κ2) is 5.79. The van der Waals surface area contributed by atoms with E-state index in [2.05, 4.69) is 15.5 Å². The average Bonchev–Trinajstić information content (AvgIpc) is 3.11. The Balaban J connectivity index is 1.80. The highest BCUT2D eigenvalue weighted by atomic mass is 32.1. The number of aromatic nitrogens is 2. The van der Waals surface area contributed by atoms with Gasteiger partial charge in [-0.05, 0) is 31.2 Å². The van der Waals surface area contributed by atoms with E-state index >= 15 is 0 Å². The van der Waals surface area contributed by atoms with Crippen LogP contribution in [0, 0.1) is 12.8 Å². The largest absolute Gasteiger partial charge is 0.322 e. The lowest BCUT2D eigenvalue weighted by atomic mass is 9.88. The second-order valence-electron chi connectivity index (χ2n) is 5.41. The van der Waals surface area contributed by atoms with Crippen LogP contribution in [0.5, 0.6) is 0 Å². The van der Waals surface area contributed by atoms with Crippen LogP contribution in [0.15, 0.2) is 16.8 Å². The third kappa shape index (κ3) is 2.63. The molecule has 0 saturated heterocycles. The van der Waals surface area contributed by atoms with Gasteiger partial charge in [-0.1, -0.05) is 19.3 Å². The van der Waals surface area contributed by atoms with E-state index in [1.54, 1.807) is 11.3 Å². The SMILES string of the molecule is Cc1[nH]nc(-c2ccsc2)c1NC(=O)C1CCCCC1. The number of thiophene rings is 1. The highest BCUT2D eigenvalue weighted by Gasteiger charge is 2.23. The van der Waals surface area contributed by atoms with E-state index in [9.17, 15) is 4.79 Å². The summed E-state index contributed by atoms with van der Waals surface area (Å²) in [4.78, 5) is 12.4. The predicted molar refractivity (Wildman–Crippen MR) is 81.8 cm³/mol. The molecule has 1 amide bonds. The summed E-state index contributed by atoms with van der Waals surface area (Å²) in [5.41, 5.74) is 3.64. The molecule has 0 bridgehead atoms. The number of hydrogen-bond donors (Lipinski definition) is 2. The number of hydrogen-bond acceptors (Lipinski definition) is 3. The molecule has 2 aromatic rings. The number of aromatic amines is 1. The van der Waals surface area contributed by atoms with Crippen LogP contribution < -0.4 is 5.32 Å². The van der Waals surface area contributed by atoms with Crippen LogP contribution in [0.1, 0.15) is 37.8 Å². The maximum Gasteiger partial charge on any atom is 0.227 e. The minimum absolute atomic E-state index is 0.144. The molecule has 0 spiro atoms. The standard InChI is InChI=1S/C15H19N3OS/c1-10-13(14(18-17-10)12-7-8-20-9-12)16-15(19)11-5-3-2-4-6-11/h7-9,11H,2-6H2,1H3,(H,16,19)(H,17,18). The van der Waals surface area contributed by atoms with Crippen molar-refractivity contribution in [1.82, 2.24) is 10.2 Å². The van der Waals surface area contributed by atoms with E-state index in [1.165, 1.54) is 19.3 Å². The van der Waals surface area contributed by atoms with E-state index in [0.29, 0.717) is 0 Å². The van der Waals surface area contributed by atoms with Crippen molar-refractivity contribution in [2.75, 3.05) is 5.32 Å². The van der Waals surface area contributed by atoms with E-state index in [1.807, 2.05) is 23.8 Å². The van der Waals surface area contributed by atoms with Gasteiger partial charge in [0.05, 0.1) is 11.4 Å². The monoisotopic (exact) mass is 289 g/mol. The molecule has 1 fully saturated rings. The van der Waals surface area contributed by atoms with Crippen LogP contribution in [0.2, 0.25) is 0 Å². The van der Waals surface area contributed by atoms with Gasteiger partial charge in [0, 0.05) is 16.9 Å². The van der Waals surface area contributed by atoms with Crippen LogP contribution >= 0.6 is 11.3 Å². The Kier molecular flexibility index (Phi) is 3.87. The minimum atomic E-state index is 0.144. The first-order chi connectivity index (χ1) is 9.75. The molecule has 3 rings (SSSR count). The molecule has 5 heteroatoms. The zero-order valence-electron chi connectivity index (χ0n) is 11.6. The summed E-state index contributed by atoms with van der Waals surface area (Å²) in [5.74, 6) is 0.305. The van der Waals surface area contributed by atoms with Gasteiger partial charge in [-0.3, -0.25) is 9.89 Å². The fraction of sp³-hybridized carbons (Fsp3) is 0.467. The normalized spacial score (nSPS) is 16.2. The zero-order chi connectivity index (χ0) is 13.9. The molecule has 2 N–H and O–H groups in total. The van der Waals surface area contributed by atoms with Crippen LogP contribution in [0.4, 0.5) is 5.69 Å². The molecule has 0 unspecified atom stereocenters. The average molecular weight is 289 g/mol. The first-order valence-corrected chi connectivity index (χ1v) is 8.08. The van der Waals surface area contributed by atoms with Crippen molar-refractivity contribution in [3.05, 3.63) is 22.5 Å². The highest BCUT2D eigenvalue weighted by molar-refractivity contribution is 7.08. The highest BCUT2D eigenvalue weighted by Crippen LogP contribution is 2.31. The van der Waals surface area contributed by atoms with Gasteiger partial charge >= 0.3 is 0 Å². The second-order valence-corrected chi connectivity index (χ2v) is 6.19. The number of anilines is 1. The number of H-pyrrole nitrogens is 1. The molecular formula is C15H19N3OS. The number of rotatable bonds is 3. The van der Waals surface area contributed by atoms with Gasteiger partial charge in [-0.25, -0.2) is 0 Å². The smallest absolute Gasteiger partial charge is 0.227 e. The van der Waals surface area contributed by atoms with Gasteiger partial charge in [-0.15, -0.1) is 0 Å². The lowest BCUT2D eigenvalue weighted by molar-refractivity contribution is -0.120. The van der Waals surface area contributed by atoms with Gasteiger partial charge < -0.3 is 5.32 Å². The number of nitrogens with zero attached hydrogens (tertiary/aromatic N) is 1. The molecule has 1 aliphatic rings. The zero-order valence-corrected chi connectivity index (χ0v) is 12.4. The summed E-state index contributed by atoms with van der Waals surface area (Å²) < 4.78 is 0. The van der Waals surface area contributed by atoms with Crippen molar-refractivity contribution in [3.63, 3.8) is 0 Å². The maximum absolute atomic E-state index is 12.4. The van der Waals surface area contributed by atoms with Gasteiger partial charge in [0.1, 0.15) is 5.69 Å². The van der Waals surface area contributed by atoms with E-state index in [0.717, 1.165) is 35.5 Å². The molecule has 0 atom stereocenters. The molecule has 106 valence electrons. The van der Waals surface area contributed by atoms with Crippen molar-refractivity contribution >= 4 is 22.9 Å². The first kappa shape index (κ1) is 13.4. The van der Waals surface area contributed by atoms with Crippen molar-refractivity contribution in [1.29, 1.82) is 0 Å². The lowest BCUT2D eigenvalue weighted by Crippen LogP contribution is -2.25. The molecular weight excluding hydrogens is 270 g/mol. The Hall–Kier alpha value is -1.62. The Morgan fingerprint density at radius 2 is 2.20 bits per heavy atom. The number of amides is 1. The maximum atomic E-state index is 12.4. The molecule has 1 aliphatic carbocycles. The van der Waals surface area contributed by atoms with Crippen LogP contribution in [0.3, 0.4) is 0 Å². The Morgan fingerprint density at radius 3 is 2.90 bits per heavy atom. The predicted octanol–water partition coefficient (Wildman–Crippen LogP) is 3.97. The Morgan fingerprint density at radius 1 is 1.40 bits per heavy atom. The molecule has 0 radical (unpaired) electrons. The molecule has 0 aromatic carbocycles. The summed E-state index contributed by atoms with van der Waals surface area (Å²) in [7, 11) is 0.